The van der Waals surface area contributed by atoms with Crippen LogP contribution in [0.25, 0.3) is 0 Å². The number of rotatable bonds is 5. The minimum atomic E-state index is 0.607. The molecule has 0 saturated carbocycles. The van der Waals surface area contributed by atoms with Crippen molar-refractivity contribution < 1.29 is 4.74 Å². The van der Waals surface area contributed by atoms with Crippen LogP contribution in [0.2, 0.25) is 0 Å². The topological polar surface area (TPSA) is 9.23 Å². The van der Waals surface area contributed by atoms with Crippen molar-refractivity contribution in [3.63, 3.8) is 0 Å². The van der Waals surface area contributed by atoms with Crippen LogP contribution < -0.4 is 0 Å². The van der Waals surface area contributed by atoms with Gasteiger partial charge in [0.1, 0.15) is 0 Å². The Kier molecular flexibility index (Phi) is 4.68. The largest absolute Gasteiger partial charge is 0.381 e. The van der Waals surface area contributed by atoms with Gasteiger partial charge in [0.25, 0.3) is 0 Å². The third-order valence-electron chi connectivity index (χ3n) is 2.44. The summed E-state index contributed by atoms with van der Waals surface area (Å²) in [5.41, 5.74) is 2.83. The molecule has 1 nitrogen and oxygen atoms in total. The normalized spacial score (nSPS) is 12.8. The molecule has 0 amide bonds. The van der Waals surface area contributed by atoms with Crippen LogP contribution in [0.15, 0.2) is 24.3 Å². The maximum atomic E-state index is 5.41. The summed E-state index contributed by atoms with van der Waals surface area (Å²) in [7, 11) is 0. The number of hydrogen-bond acceptors (Lipinski definition) is 1. The lowest BCUT2D eigenvalue weighted by Gasteiger charge is -2.12. The van der Waals surface area contributed by atoms with Crippen LogP contribution >= 0.6 is 0 Å². The summed E-state index contributed by atoms with van der Waals surface area (Å²) >= 11 is 0. The van der Waals surface area contributed by atoms with E-state index in [2.05, 4.69) is 38.1 Å². The molecule has 0 saturated heterocycles. The van der Waals surface area contributed by atoms with E-state index in [1.165, 1.54) is 11.1 Å². The molecule has 78 valence electrons. The van der Waals surface area contributed by atoms with Crippen LogP contribution in [-0.2, 0) is 11.2 Å². The summed E-state index contributed by atoms with van der Waals surface area (Å²) in [6, 6.07) is 8.57. The molecule has 14 heavy (non-hydrogen) atoms. The zero-order valence-electron chi connectivity index (χ0n) is 9.42. The van der Waals surface area contributed by atoms with Crippen molar-refractivity contribution in [1.82, 2.24) is 0 Å². The molecule has 1 aromatic carbocycles. The molecule has 0 spiro atoms. The van der Waals surface area contributed by atoms with E-state index < -0.39 is 0 Å². The molecule has 1 unspecified atom stereocenters. The molecular formula is C13H20O. The first-order chi connectivity index (χ1) is 6.74. The van der Waals surface area contributed by atoms with Crippen LogP contribution in [-0.4, -0.2) is 13.2 Å². The van der Waals surface area contributed by atoms with Crippen LogP contribution in [0.1, 0.15) is 25.0 Å². The molecule has 0 aliphatic heterocycles. The minimum absolute atomic E-state index is 0.607. The molecule has 1 aromatic rings. The van der Waals surface area contributed by atoms with E-state index in [1.807, 2.05) is 6.92 Å². The van der Waals surface area contributed by atoms with E-state index in [1.54, 1.807) is 0 Å². The maximum absolute atomic E-state index is 5.41. The van der Waals surface area contributed by atoms with Gasteiger partial charge >= 0.3 is 0 Å². The molecule has 0 fully saturated rings. The third kappa shape index (κ3) is 3.51. The molecule has 1 heteroatoms. The Bertz CT molecular complexity index is 268. The van der Waals surface area contributed by atoms with Gasteiger partial charge in [-0.1, -0.05) is 31.2 Å². The molecule has 0 bridgehead atoms. The Hall–Kier alpha value is -0.820. The molecule has 0 heterocycles. The van der Waals surface area contributed by atoms with Crippen molar-refractivity contribution in [2.24, 2.45) is 5.92 Å². The van der Waals surface area contributed by atoms with Gasteiger partial charge in [-0.05, 0) is 37.3 Å². The fourth-order valence-corrected chi connectivity index (χ4v) is 1.59. The zero-order chi connectivity index (χ0) is 10.4. The Morgan fingerprint density at radius 2 is 2.00 bits per heavy atom. The second-order valence-electron chi connectivity index (χ2n) is 3.90. The van der Waals surface area contributed by atoms with Crippen LogP contribution in [0.3, 0.4) is 0 Å². The van der Waals surface area contributed by atoms with Gasteiger partial charge in [0.2, 0.25) is 0 Å². The van der Waals surface area contributed by atoms with E-state index in [9.17, 15) is 0 Å². The van der Waals surface area contributed by atoms with Crippen LogP contribution in [0.5, 0.6) is 0 Å². The van der Waals surface area contributed by atoms with E-state index in [4.69, 9.17) is 4.74 Å². The monoisotopic (exact) mass is 192 g/mol. The van der Waals surface area contributed by atoms with Crippen molar-refractivity contribution in [1.29, 1.82) is 0 Å². The van der Waals surface area contributed by atoms with Crippen molar-refractivity contribution in [2.45, 2.75) is 27.2 Å². The number of aryl methyl sites for hydroxylation is 1. The van der Waals surface area contributed by atoms with Crippen LogP contribution in [0.4, 0.5) is 0 Å². The molecule has 0 N–H and O–H groups in total. The highest BCUT2D eigenvalue weighted by Gasteiger charge is 2.04. The molecular weight excluding hydrogens is 172 g/mol. The second kappa shape index (κ2) is 5.82. The van der Waals surface area contributed by atoms with Crippen molar-refractivity contribution >= 4 is 0 Å². The second-order valence-corrected chi connectivity index (χ2v) is 3.90. The van der Waals surface area contributed by atoms with Gasteiger partial charge in [-0.25, -0.2) is 0 Å². The number of ether oxygens (including phenoxy) is 1. The smallest absolute Gasteiger partial charge is 0.0494 e. The summed E-state index contributed by atoms with van der Waals surface area (Å²) in [6.45, 7) is 8.13. The lowest BCUT2D eigenvalue weighted by Crippen LogP contribution is -2.09. The highest BCUT2D eigenvalue weighted by Crippen LogP contribution is 2.13. The predicted octanol–water partition coefficient (Wildman–Crippen LogP) is 3.21. The first kappa shape index (κ1) is 11.3. The van der Waals surface area contributed by atoms with Crippen LogP contribution in [0, 0.1) is 12.8 Å². The highest BCUT2D eigenvalue weighted by atomic mass is 16.5. The van der Waals surface area contributed by atoms with Gasteiger partial charge in [-0.15, -0.1) is 0 Å². The Morgan fingerprint density at radius 3 is 2.64 bits per heavy atom. The summed E-state index contributed by atoms with van der Waals surface area (Å²) in [5.74, 6) is 0.607. The lowest BCUT2D eigenvalue weighted by atomic mass is 9.98. The number of hydrogen-bond donors (Lipinski definition) is 0. The third-order valence-corrected chi connectivity index (χ3v) is 2.44. The molecule has 0 radical (unpaired) electrons. The predicted molar refractivity (Wildman–Crippen MR) is 60.5 cm³/mol. The zero-order valence-corrected chi connectivity index (χ0v) is 9.42. The standard InChI is InChI=1S/C13H20O/c1-4-14-10-11(2)9-13-8-6-5-7-12(13)3/h5-8,11H,4,9-10H2,1-3H3. The minimum Gasteiger partial charge on any atom is -0.381 e. The summed E-state index contributed by atoms with van der Waals surface area (Å²) < 4.78 is 5.41. The van der Waals surface area contributed by atoms with Gasteiger partial charge in [0, 0.05) is 13.2 Å². The summed E-state index contributed by atoms with van der Waals surface area (Å²) in [6.07, 6.45) is 1.12. The van der Waals surface area contributed by atoms with Gasteiger partial charge in [0.05, 0.1) is 0 Å². The van der Waals surface area contributed by atoms with E-state index in [0.29, 0.717) is 5.92 Å². The number of benzene rings is 1. The lowest BCUT2D eigenvalue weighted by molar-refractivity contribution is 0.116. The Balaban J connectivity index is 2.47. The highest BCUT2D eigenvalue weighted by molar-refractivity contribution is 5.25. The van der Waals surface area contributed by atoms with Crippen molar-refractivity contribution in [3.8, 4) is 0 Å². The molecule has 0 aromatic heterocycles. The fraction of sp³-hybridized carbons (Fsp3) is 0.538. The van der Waals surface area contributed by atoms with Crippen molar-refractivity contribution in [2.75, 3.05) is 13.2 Å². The van der Waals surface area contributed by atoms with Crippen molar-refractivity contribution in [3.05, 3.63) is 35.4 Å². The SMILES string of the molecule is CCOCC(C)Cc1ccccc1C. The molecule has 0 aliphatic rings. The van der Waals surface area contributed by atoms with E-state index >= 15 is 0 Å². The molecule has 1 rings (SSSR count). The average Bonchev–Trinajstić information content (AvgIpc) is 2.18. The first-order valence-corrected chi connectivity index (χ1v) is 5.36. The Morgan fingerprint density at radius 1 is 1.29 bits per heavy atom. The summed E-state index contributed by atoms with van der Waals surface area (Å²) in [4.78, 5) is 0. The summed E-state index contributed by atoms with van der Waals surface area (Å²) in [5, 5.41) is 0. The van der Waals surface area contributed by atoms with Gasteiger partial charge in [0.15, 0.2) is 0 Å². The van der Waals surface area contributed by atoms with Gasteiger partial charge in [-0.2, -0.15) is 0 Å². The van der Waals surface area contributed by atoms with Gasteiger partial charge in [-0.3, -0.25) is 0 Å². The average molecular weight is 192 g/mol. The first-order valence-electron chi connectivity index (χ1n) is 5.36. The van der Waals surface area contributed by atoms with E-state index in [0.717, 1.165) is 19.6 Å². The molecule has 0 aliphatic carbocycles. The molecule has 1 atom stereocenters. The maximum Gasteiger partial charge on any atom is 0.0494 e. The quantitative estimate of drug-likeness (QED) is 0.696. The Labute approximate surface area is 87.1 Å². The van der Waals surface area contributed by atoms with E-state index in [-0.39, 0.29) is 0 Å². The fourth-order valence-electron chi connectivity index (χ4n) is 1.59. The van der Waals surface area contributed by atoms with Gasteiger partial charge < -0.3 is 4.74 Å².